The second-order valence-electron chi connectivity index (χ2n) is 3.51. The van der Waals surface area contributed by atoms with Crippen LogP contribution in [0.5, 0.6) is 0 Å². The molecule has 0 saturated heterocycles. The number of aryl methyl sites for hydroxylation is 1. The number of hydrogen-bond donors (Lipinski definition) is 1. The van der Waals surface area contributed by atoms with E-state index in [-0.39, 0.29) is 5.91 Å². The molecule has 3 nitrogen and oxygen atoms in total. The second kappa shape index (κ2) is 6.14. The first kappa shape index (κ1) is 12.5. The first-order valence-corrected chi connectivity index (χ1v) is 5.43. The summed E-state index contributed by atoms with van der Waals surface area (Å²) < 4.78 is 0. The zero-order valence-electron chi connectivity index (χ0n) is 9.03. The molecule has 4 heteroatoms. The highest BCUT2D eigenvalue weighted by Crippen LogP contribution is 2.16. The summed E-state index contributed by atoms with van der Waals surface area (Å²) in [6, 6.07) is 8.93. The lowest BCUT2D eigenvalue weighted by molar-refractivity contribution is -0.121. The molecule has 1 rings (SSSR count). The maximum absolute atomic E-state index is 11.4. The van der Waals surface area contributed by atoms with Crippen LogP contribution in [0, 0.1) is 11.3 Å². The Balaban J connectivity index is 2.44. The zero-order chi connectivity index (χ0) is 12.0. The quantitative estimate of drug-likeness (QED) is 0.872. The Morgan fingerprint density at radius 3 is 2.88 bits per heavy atom. The van der Waals surface area contributed by atoms with Crippen LogP contribution in [0.15, 0.2) is 24.3 Å². The lowest BCUT2D eigenvalue weighted by Gasteiger charge is -2.07. The van der Waals surface area contributed by atoms with Gasteiger partial charge in [-0.05, 0) is 25.0 Å². The van der Waals surface area contributed by atoms with E-state index in [2.05, 4.69) is 5.32 Å². The van der Waals surface area contributed by atoms with Crippen LogP contribution in [-0.4, -0.2) is 11.9 Å². The number of rotatable bonds is 4. The minimum Gasteiger partial charge on any atom is -0.341 e. The first-order chi connectivity index (χ1) is 7.63. The molecule has 0 fully saturated rings. The molecule has 1 aromatic rings. The van der Waals surface area contributed by atoms with Crippen molar-refractivity contribution >= 4 is 17.5 Å². The Labute approximate surface area is 100 Å². The van der Waals surface area contributed by atoms with Gasteiger partial charge in [-0.15, -0.1) is 0 Å². The summed E-state index contributed by atoms with van der Waals surface area (Å²) in [7, 11) is 0. The van der Waals surface area contributed by atoms with Gasteiger partial charge in [0.15, 0.2) is 0 Å². The lowest BCUT2D eigenvalue weighted by atomic mass is 10.1. The number of amides is 1. The van der Waals surface area contributed by atoms with Crippen molar-refractivity contribution in [3.63, 3.8) is 0 Å². The fourth-order valence-corrected chi connectivity index (χ4v) is 1.53. The standard InChI is InChI=1S/C12H13ClN2O/c1-9(8-14)15-12(16)7-6-10-4-2-3-5-11(10)13/h2-5,9H,6-7H2,1H3,(H,15,16)/t9-/m0/s1. The van der Waals surface area contributed by atoms with Crippen molar-refractivity contribution in [3.05, 3.63) is 34.9 Å². The molecule has 1 aromatic carbocycles. The molecular formula is C12H13ClN2O. The van der Waals surface area contributed by atoms with E-state index in [0.717, 1.165) is 5.56 Å². The van der Waals surface area contributed by atoms with E-state index in [1.165, 1.54) is 0 Å². The Kier molecular flexibility index (Phi) is 4.81. The fourth-order valence-electron chi connectivity index (χ4n) is 1.30. The minimum absolute atomic E-state index is 0.131. The number of hydrogen-bond acceptors (Lipinski definition) is 2. The summed E-state index contributed by atoms with van der Waals surface area (Å²) in [5.41, 5.74) is 0.948. The summed E-state index contributed by atoms with van der Waals surface area (Å²) >= 11 is 5.96. The highest BCUT2D eigenvalue weighted by Gasteiger charge is 2.07. The van der Waals surface area contributed by atoms with E-state index in [4.69, 9.17) is 16.9 Å². The van der Waals surface area contributed by atoms with Crippen LogP contribution in [0.25, 0.3) is 0 Å². The van der Waals surface area contributed by atoms with Gasteiger partial charge < -0.3 is 5.32 Å². The van der Waals surface area contributed by atoms with Crippen molar-refractivity contribution < 1.29 is 4.79 Å². The molecule has 1 N–H and O–H groups in total. The molecule has 0 bridgehead atoms. The number of benzene rings is 1. The van der Waals surface area contributed by atoms with E-state index in [9.17, 15) is 4.79 Å². The van der Waals surface area contributed by atoms with Crippen LogP contribution in [-0.2, 0) is 11.2 Å². The van der Waals surface area contributed by atoms with Crippen molar-refractivity contribution in [2.45, 2.75) is 25.8 Å². The number of nitrogens with zero attached hydrogens (tertiary/aromatic N) is 1. The summed E-state index contributed by atoms with van der Waals surface area (Å²) in [5, 5.41) is 11.8. The van der Waals surface area contributed by atoms with Crippen molar-refractivity contribution in [2.24, 2.45) is 0 Å². The zero-order valence-corrected chi connectivity index (χ0v) is 9.79. The molecule has 0 aromatic heterocycles. The van der Waals surface area contributed by atoms with Crippen molar-refractivity contribution in [1.82, 2.24) is 5.32 Å². The molecule has 0 unspecified atom stereocenters. The van der Waals surface area contributed by atoms with E-state index < -0.39 is 6.04 Å². The largest absolute Gasteiger partial charge is 0.341 e. The SMILES string of the molecule is C[C@@H](C#N)NC(=O)CCc1ccccc1Cl. The van der Waals surface area contributed by atoms with Gasteiger partial charge >= 0.3 is 0 Å². The van der Waals surface area contributed by atoms with Crippen molar-refractivity contribution in [3.8, 4) is 6.07 Å². The van der Waals surface area contributed by atoms with Crippen molar-refractivity contribution in [1.29, 1.82) is 5.26 Å². The molecule has 0 saturated carbocycles. The summed E-state index contributed by atoms with van der Waals surface area (Å²) in [6.07, 6.45) is 0.930. The third kappa shape index (κ3) is 3.92. The van der Waals surface area contributed by atoms with Crippen LogP contribution < -0.4 is 5.32 Å². The Morgan fingerprint density at radius 1 is 1.56 bits per heavy atom. The molecular weight excluding hydrogens is 224 g/mol. The fraction of sp³-hybridized carbons (Fsp3) is 0.333. The number of nitriles is 1. The predicted octanol–water partition coefficient (Wildman–Crippen LogP) is 2.30. The van der Waals surface area contributed by atoms with Crippen LogP contribution in [0.2, 0.25) is 5.02 Å². The average Bonchev–Trinajstić information content (AvgIpc) is 2.28. The maximum Gasteiger partial charge on any atom is 0.221 e. The molecule has 0 spiro atoms. The molecule has 84 valence electrons. The van der Waals surface area contributed by atoms with Crippen LogP contribution in [0.1, 0.15) is 18.9 Å². The number of halogens is 1. The Hall–Kier alpha value is -1.53. The van der Waals surface area contributed by atoms with E-state index in [1.54, 1.807) is 13.0 Å². The summed E-state index contributed by atoms with van der Waals surface area (Å²) in [4.78, 5) is 11.4. The van der Waals surface area contributed by atoms with Crippen LogP contribution in [0.4, 0.5) is 0 Å². The van der Waals surface area contributed by atoms with Gasteiger partial charge in [-0.3, -0.25) is 4.79 Å². The first-order valence-electron chi connectivity index (χ1n) is 5.06. The highest BCUT2D eigenvalue weighted by atomic mass is 35.5. The van der Waals surface area contributed by atoms with Crippen LogP contribution in [0.3, 0.4) is 0 Å². The molecule has 0 aliphatic carbocycles. The van der Waals surface area contributed by atoms with Gasteiger partial charge in [0.1, 0.15) is 6.04 Å². The molecule has 0 aliphatic heterocycles. The smallest absolute Gasteiger partial charge is 0.221 e. The van der Waals surface area contributed by atoms with Gasteiger partial charge in [0, 0.05) is 11.4 Å². The number of carbonyl (C=O) groups excluding carboxylic acids is 1. The third-order valence-corrected chi connectivity index (χ3v) is 2.52. The van der Waals surface area contributed by atoms with E-state index in [1.807, 2.05) is 24.3 Å². The molecule has 0 heterocycles. The van der Waals surface area contributed by atoms with Gasteiger partial charge in [0.2, 0.25) is 5.91 Å². The van der Waals surface area contributed by atoms with Gasteiger partial charge in [0.25, 0.3) is 0 Å². The van der Waals surface area contributed by atoms with Gasteiger partial charge in [-0.1, -0.05) is 29.8 Å². The average molecular weight is 237 g/mol. The summed E-state index contributed by atoms with van der Waals surface area (Å²) in [6.45, 7) is 1.65. The van der Waals surface area contributed by atoms with Crippen LogP contribution >= 0.6 is 11.6 Å². The Morgan fingerprint density at radius 2 is 2.25 bits per heavy atom. The minimum atomic E-state index is -0.446. The molecule has 1 amide bonds. The van der Waals surface area contributed by atoms with Crippen molar-refractivity contribution in [2.75, 3.05) is 0 Å². The lowest BCUT2D eigenvalue weighted by Crippen LogP contribution is -2.31. The third-order valence-electron chi connectivity index (χ3n) is 2.15. The number of nitrogens with one attached hydrogen (secondary N) is 1. The maximum atomic E-state index is 11.4. The van der Waals surface area contributed by atoms with E-state index in [0.29, 0.717) is 17.9 Å². The predicted molar refractivity (Wildman–Crippen MR) is 63.0 cm³/mol. The second-order valence-corrected chi connectivity index (χ2v) is 3.92. The molecule has 0 aliphatic rings. The normalized spacial score (nSPS) is 11.6. The molecule has 0 radical (unpaired) electrons. The monoisotopic (exact) mass is 236 g/mol. The summed E-state index contributed by atoms with van der Waals surface area (Å²) in [5.74, 6) is -0.131. The number of carbonyl (C=O) groups is 1. The Bertz CT molecular complexity index is 412. The topological polar surface area (TPSA) is 52.9 Å². The molecule has 1 atom stereocenters. The highest BCUT2D eigenvalue weighted by molar-refractivity contribution is 6.31. The molecule has 16 heavy (non-hydrogen) atoms. The van der Waals surface area contributed by atoms with Gasteiger partial charge in [-0.25, -0.2) is 0 Å². The van der Waals surface area contributed by atoms with E-state index >= 15 is 0 Å². The van der Waals surface area contributed by atoms with Gasteiger partial charge in [-0.2, -0.15) is 5.26 Å². The van der Waals surface area contributed by atoms with Gasteiger partial charge in [0.05, 0.1) is 6.07 Å².